The predicted octanol–water partition coefficient (Wildman–Crippen LogP) is 2.06. The van der Waals surface area contributed by atoms with Gasteiger partial charge in [0.2, 0.25) is 0 Å². The molecule has 0 radical (unpaired) electrons. The number of esters is 1. The van der Waals surface area contributed by atoms with E-state index >= 15 is 0 Å². The summed E-state index contributed by atoms with van der Waals surface area (Å²) < 4.78 is 18.0. The molecular formula is C11H13FO3. The summed E-state index contributed by atoms with van der Waals surface area (Å²) in [7, 11) is 0. The molecular weight excluding hydrogens is 199 g/mol. The zero-order chi connectivity index (χ0) is 11.4. The summed E-state index contributed by atoms with van der Waals surface area (Å²) in [5.41, 5.74) is 0.321. The molecule has 1 atom stereocenters. The summed E-state index contributed by atoms with van der Waals surface area (Å²) in [5.74, 6) is -1.16. The number of hydrogen-bond acceptors (Lipinski definition) is 3. The Morgan fingerprint density at radius 1 is 1.60 bits per heavy atom. The number of ether oxygens (including phenoxy) is 1. The Morgan fingerprint density at radius 2 is 2.27 bits per heavy atom. The highest BCUT2D eigenvalue weighted by Crippen LogP contribution is 2.18. The average molecular weight is 212 g/mol. The fourth-order valence-electron chi connectivity index (χ4n) is 1.21. The molecule has 0 amide bonds. The predicted molar refractivity (Wildman–Crippen MR) is 53.0 cm³/mol. The number of carbonyl (C=O) groups excluding carboxylic acids is 1. The monoisotopic (exact) mass is 212 g/mol. The third-order valence-corrected chi connectivity index (χ3v) is 1.96. The fraction of sp³-hybridized carbons (Fsp3) is 0.364. The molecule has 82 valence electrons. The van der Waals surface area contributed by atoms with Gasteiger partial charge in [0.1, 0.15) is 5.82 Å². The fourth-order valence-corrected chi connectivity index (χ4v) is 1.21. The van der Waals surface area contributed by atoms with Crippen LogP contribution >= 0.6 is 0 Å². The minimum Gasteiger partial charge on any atom is -0.462 e. The second kappa shape index (κ2) is 4.89. The summed E-state index contributed by atoms with van der Waals surface area (Å²) in [6.45, 7) is 3.39. The minimum absolute atomic E-state index is 0.152. The van der Waals surface area contributed by atoms with E-state index in [1.54, 1.807) is 6.92 Å². The second-order valence-corrected chi connectivity index (χ2v) is 3.13. The zero-order valence-electron chi connectivity index (χ0n) is 8.66. The first-order valence-corrected chi connectivity index (χ1v) is 4.71. The SMILES string of the molecule is CCOC(=O)c1ccc(C(C)O)c(F)c1. The van der Waals surface area contributed by atoms with Crippen LogP contribution in [0.4, 0.5) is 4.39 Å². The highest BCUT2D eigenvalue weighted by atomic mass is 19.1. The molecule has 1 N–H and O–H groups in total. The van der Waals surface area contributed by atoms with Crippen LogP contribution in [0, 0.1) is 5.82 Å². The van der Waals surface area contributed by atoms with Crippen LogP contribution in [0.1, 0.15) is 35.9 Å². The normalized spacial score (nSPS) is 12.3. The lowest BCUT2D eigenvalue weighted by molar-refractivity contribution is 0.0525. The lowest BCUT2D eigenvalue weighted by atomic mass is 10.1. The van der Waals surface area contributed by atoms with E-state index in [1.165, 1.54) is 19.1 Å². The van der Waals surface area contributed by atoms with Gasteiger partial charge in [-0.2, -0.15) is 0 Å². The molecule has 1 aromatic rings. The largest absolute Gasteiger partial charge is 0.462 e. The first-order valence-electron chi connectivity index (χ1n) is 4.71. The molecule has 0 aromatic heterocycles. The van der Waals surface area contributed by atoms with Gasteiger partial charge in [-0.3, -0.25) is 0 Å². The molecule has 1 rings (SSSR count). The number of aliphatic hydroxyl groups excluding tert-OH is 1. The number of aliphatic hydroxyl groups is 1. The van der Waals surface area contributed by atoms with E-state index in [4.69, 9.17) is 4.74 Å². The quantitative estimate of drug-likeness (QED) is 0.780. The van der Waals surface area contributed by atoms with Gasteiger partial charge in [-0.25, -0.2) is 9.18 Å². The molecule has 0 fully saturated rings. The van der Waals surface area contributed by atoms with Gasteiger partial charge in [0.05, 0.1) is 18.3 Å². The Hall–Kier alpha value is -1.42. The van der Waals surface area contributed by atoms with Gasteiger partial charge in [0.15, 0.2) is 0 Å². The van der Waals surface area contributed by atoms with Crippen LogP contribution in [0.5, 0.6) is 0 Å². The average Bonchev–Trinajstić information content (AvgIpc) is 2.17. The van der Waals surface area contributed by atoms with Crippen molar-refractivity contribution in [2.24, 2.45) is 0 Å². The van der Waals surface area contributed by atoms with Gasteiger partial charge in [-0.1, -0.05) is 6.07 Å². The Kier molecular flexibility index (Phi) is 3.80. The van der Waals surface area contributed by atoms with Crippen LogP contribution in [0.15, 0.2) is 18.2 Å². The number of carbonyl (C=O) groups is 1. The number of benzene rings is 1. The standard InChI is InChI=1S/C11H13FO3/c1-3-15-11(14)8-4-5-9(7(2)13)10(12)6-8/h4-7,13H,3H2,1-2H3. The molecule has 0 bridgehead atoms. The van der Waals surface area contributed by atoms with E-state index in [0.717, 1.165) is 6.07 Å². The summed E-state index contributed by atoms with van der Waals surface area (Å²) >= 11 is 0. The molecule has 4 heteroatoms. The van der Waals surface area contributed by atoms with Crippen LogP contribution in [-0.4, -0.2) is 17.7 Å². The van der Waals surface area contributed by atoms with Crippen molar-refractivity contribution >= 4 is 5.97 Å². The van der Waals surface area contributed by atoms with Gasteiger partial charge in [0, 0.05) is 5.56 Å². The van der Waals surface area contributed by atoms with Gasteiger partial charge < -0.3 is 9.84 Å². The van der Waals surface area contributed by atoms with Gasteiger partial charge in [-0.15, -0.1) is 0 Å². The van der Waals surface area contributed by atoms with E-state index in [1.807, 2.05) is 0 Å². The molecule has 15 heavy (non-hydrogen) atoms. The van der Waals surface area contributed by atoms with Gasteiger partial charge in [0.25, 0.3) is 0 Å². The number of halogens is 1. The molecule has 0 aliphatic heterocycles. The maximum Gasteiger partial charge on any atom is 0.338 e. The molecule has 0 saturated carbocycles. The highest BCUT2D eigenvalue weighted by molar-refractivity contribution is 5.89. The molecule has 1 unspecified atom stereocenters. The summed E-state index contributed by atoms with van der Waals surface area (Å²) in [6.07, 6.45) is -0.888. The third kappa shape index (κ3) is 2.76. The Bertz CT molecular complexity index is 361. The van der Waals surface area contributed by atoms with Crippen LogP contribution in [0.2, 0.25) is 0 Å². The van der Waals surface area contributed by atoms with Crippen molar-refractivity contribution in [1.82, 2.24) is 0 Å². The van der Waals surface area contributed by atoms with Crippen molar-refractivity contribution in [2.75, 3.05) is 6.61 Å². The molecule has 0 spiro atoms. The molecule has 0 heterocycles. The van der Waals surface area contributed by atoms with Crippen LogP contribution in [0.3, 0.4) is 0 Å². The topological polar surface area (TPSA) is 46.5 Å². The molecule has 0 aliphatic carbocycles. The van der Waals surface area contributed by atoms with Crippen LogP contribution < -0.4 is 0 Å². The van der Waals surface area contributed by atoms with Crippen LogP contribution in [0.25, 0.3) is 0 Å². The number of rotatable bonds is 3. The van der Waals surface area contributed by atoms with E-state index < -0.39 is 17.9 Å². The maximum atomic E-state index is 13.3. The Morgan fingerprint density at radius 3 is 2.73 bits per heavy atom. The lowest BCUT2D eigenvalue weighted by Gasteiger charge is -2.07. The minimum atomic E-state index is -0.888. The van der Waals surface area contributed by atoms with Crippen molar-refractivity contribution in [3.8, 4) is 0 Å². The second-order valence-electron chi connectivity index (χ2n) is 3.13. The number of hydrogen-bond donors (Lipinski definition) is 1. The summed E-state index contributed by atoms with van der Waals surface area (Å²) in [4.78, 5) is 11.2. The highest BCUT2D eigenvalue weighted by Gasteiger charge is 2.12. The summed E-state index contributed by atoms with van der Waals surface area (Å²) in [5, 5.41) is 9.18. The van der Waals surface area contributed by atoms with E-state index in [0.29, 0.717) is 0 Å². The molecule has 0 saturated heterocycles. The van der Waals surface area contributed by atoms with E-state index in [-0.39, 0.29) is 17.7 Å². The summed E-state index contributed by atoms with van der Waals surface area (Å²) in [6, 6.07) is 3.88. The van der Waals surface area contributed by atoms with E-state index in [2.05, 4.69) is 0 Å². The van der Waals surface area contributed by atoms with Crippen molar-refractivity contribution in [3.63, 3.8) is 0 Å². The smallest absolute Gasteiger partial charge is 0.338 e. The maximum absolute atomic E-state index is 13.3. The van der Waals surface area contributed by atoms with Crippen molar-refractivity contribution < 1.29 is 19.0 Å². The first-order chi connectivity index (χ1) is 7.06. The lowest BCUT2D eigenvalue weighted by Crippen LogP contribution is -2.06. The third-order valence-electron chi connectivity index (χ3n) is 1.96. The first kappa shape index (κ1) is 11.7. The van der Waals surface area contributed by atoms with Crippen molar-refractivity contribution in [3.05, 3.63) is 35.1 Å². The van der Waals surface area contributed by atoms with Crippen molar-refractivity contribution in [2.45, 2.75) is 20.0 Å². The zero-order valence-corrected chi connectivity index (χ0v) is 8.66. The molecule has 1 aromatic carbocycles. The molecule has 0 aliphatic rings. The van der Waals surface area contributed by atoms with E-state index in [9.17, 15) is 14.3 Å². The van der Waals surface area contributed by atoms with Gasteiger partial charge >= 0.3 is 5.97 Å². The Labute approximate surface area is 87.5 Å². The Balaban J connectivity index is 2.96. The van der Waals surface area contributed by atoms with Gasteiger partial charge in [-0.05, 0) is 26.0 Å². The van der Waals surface area contributed by atoms with Crippen LogP contribution in [-0.2, 0) is 4.74 Å². The van der Waals surface area contributed by atoms with Crippen molar-refractivity contribution in [1.29, 1.82) is 0 Å². The molecule has 3 nitrogen and oxygen atoms in total.